The van der Waals surface area contributed by atoms with Gasteiger partial charge in [0, 0.05) is 13.1 Å². The number of thiazole rings is 1. The van der Waals surface area contributed by atoms with Gasteiger partial charge in [0.1, 0.15) is 5.01 Å². The highest BCUT2D eigenvalue weighted by atomic mass is 79.9. The lowest BCUT2D eigenvalue weighted by Gasteiger charge is -2.25. The van der Waals surface area contributed by atoms with Crippen molar-refractivity contribution in [3.05, 3.63) is 15.0 Å². The number of hydrogen-bond acceptors (Lipinski definition) is 4. The molecular formula is C8H11BrN2OS. The first kappa shape index (κ1) is 9.58. The summed E-state index contributed by atoms with van der Waals surface area (Å²) in [6.07, 6.45) is 1.86. The zero-order valence-electron chi connectivity index (χ0n) is 7.20. The highest BCUT2D eigenvalue weighted by molar-refractivity contribution is 9.11. The van der Waals surface area contributed by atoms with E-state index in [0.717, 1.165) is 36.6 Å². The molecule has 0 atom stereocenters. The molecule has 0 N–H and O–H groups in total. The number of halogens is 1. The minimum absolute atomic E-state index is 0.854. The van der Waals surface area contributed by atoms with E-state index in [1.54, 1.807) is 11.3 Å². The molecule has 72 valence electrons. The summed E-state index contributed by atoms with van der Waals surface area (Å²) in [5.74, 6) is 0. The summed E-state index contributed by atoms with van der Waals surface area (Å²) in [6.45, 7) is 4.72. The monoisotopic (exact) mass is 262 g/mol. The van der Waals surface area contributed by atoms with E-state index in [-0.39, 0.29) is 0 Å². The Labute approximate surface area is 89.9 Å². The number of aromatic nitrogens is 1. The number of ether oxygens (including phenoxy) is 1. The highest BCUT2D eigenvalue weighted by Gasteiger charge is 2.12. The quantitative estimate of drug-likeness (QED) is 0.812. The third kappa shape index (κ3) is 2.74. The van der Waals surface area contributed by atoms with E-state index in [1.807, 2.05) is 6.20 Å². The first-order valence-electron chi connectivity index (χ1n) is 4.25. The Morgan fingerprint density at radius 3 is 2.92 bits per heavy atom. The van der Waals surface area contributed by atoms with E-state index >= 15 is 0 Å². The average molecular weight is 263 g/mol. The summed E-state index contributed by atoms with van der Waals surface area (Å²) in [6, 6.07) is 0. The van der Waals surface area contributed by atoms with Crippen LogP contribution in [0, 0.1) is 0 Å². The molecule has 0 bridgehead atoms. The Hall–Kier alpha value is 0.0300. The molecule has 2 heterocycles. The molecule has 1 aromatic heterocycles. The molecule has 0 amide bonds. The lowest BCUT2D eigenvalue weighted by atomic mass is 10.4. The van der Waals surface area contributed by atoms with E-state index in [2.05, 4.69) is 25.8 Å². The number of rotatable bonds is 2. The minimum atomic E-state index is 0.854. The van der Waals surface area contributed by atoms with Crippen molar-refractivity contribution in [3.8, 4) is 0 Å². The minimum Gasteiger partial charge on any atom is -0.379 e. The lowest BCUT2D eigenvalue weighted by molar-refractivity contribution is 0.0341. The van der Waals surface area contributed by atoms with Crippen molar-refractivity contribution in [1.29, 1.82) is 0 Å². The largest absolute Gasteiger partial charge is 0.379 e. The van der Waals surface area contributed by atoms with Crippen LogP contribution in [0.15, 0.2) is 9.98 Å². The fourth-order valence-corrected chi connectivity index (χ4v) is 2.66. The Morgan fingerprint density at radius 1 is 1.54 bits per heavy atom. The lowest BCUT2D eigenvalue weighted by Crippen LogP contribution is -2.35. The second-order valence-corrected chi connectivity index (χ2v) is 5.44. The summed E-state index contributed by atoms with van der Waals surface area (Å²) >= 11 is 5.11. The molecule has 0 aromatic carbocycles. The molecule has 0 radical (unpaired) electrons. The van der Waals surface area contributed by atoms with Gasteiger partial charge in [0.15, 0.2) is 0 Å². The van der Waals surface area contributed by atoms with Crippen molar-refractivity contribution in [2.24, 2.45) is 0 Å². The van der Waals surface area contributed by atoms with E-state index in [9.17, 15) is 0 Å². The van der Waals surface area contributed by atoms with Gasteiger partial charge in [-0.15, -0.1) is 11.3 Å². The summed E-state index contributed by atoms with van der Waals surface area (Å²) < 4.78 is 6.38. The molecule has 2 rings (SSSR count). The van der Waals surface area contributed by atoms with Crippen molar-refractivity contribution < 1.29 is 4.74 Å². The molecule has 0 unspecified atom stereocenters. The summed E-state index contributed by atoms with van der Waals surface area (Å²) in [5.41, 5.74) is 0. The van der Waals surface area contributed by atoms with Crippen LogP contribution in [0.5, 0.6) is 0 Å². The predicted molar refractivity (Wildman–Crippen MR) is 55.9 cm³/mol. The van der Waals surface area contributed by atoms with Gasteiger partial charge in [0.25, 0.3) is 0 Å². The molecule has 0 spiro atoms. The zero-order chi connectivity index (χ0) is 9.10. The van der Waals surface area contributed by atoms with Crippen molar-refractivity contribution in [1.82, 2.24) is 9.88 Å². The van der Waals surface area contributed by atoms with Crippen LogP contribution in [0.1, 0.15) is 5.01 Å². The maximum Gasteiger partial charge on any atom is 0.108 e. The Balaban J connectivity index is 1.89. The van der Waals surface area contributed by atoms with Gasteiger partial charge < -0.3 is 4.74 Å². The second kappa shape index (κ2) is 4.50. The van der Waals surface area contributed by atoms with Crippen LogP contribution >= 0.6 is 27.3 Å². The molecule has 1 fully saturated rings. The van der Waals surface area contributed by atoms with Crippen LogP contribution < -0.4 is 0 Å². The maximum atomic E-state index is 5.27. The number of morpholine rings is 1. The molecule has 0 saturated carbocycles. The third-order valence-corrected chi connectivity index (χ3v) is 3.45. The fraction of sp³-hybridized carbons (Fsp3) is 0.625. The smallest absolute Gasteiger partial charge is 0.108 e. The SMILES string of the molecule is Brc1cnc(CN2CCOCC2)s1. The summed E-state index contributed by atoms with van der Waals surface area (Å²) in [7, 11) is 0. The van der Waals surface area contributed by atoms with Crippen molar-refractivity contribution in [2.75, 3.05) is 26.3 Å². The first-order valence-corrected chi connectivity index (χ1v) is 5.86. The van der Waals surface area contributed by atoms with Crippen LogP contribution in [-0.2, 0) is 11.3 Å². The normalized spacial score (nSPS) is 19.2. The van der Waals surface area contributed by atoms with Gasteiger partial charge in [0.2, 0.25) is 0 Å². The predicted octanol–water partition coefficient (Wildman–Crippen LogP) is 1.74. The molecule has 1 aliphatic heterocycles. The van der Waals surface area contributed by atoms with Crippen LogP contribution in [0.25, 0.3) is 0 Å². The molecule has 13 heavy (non-hydrogen) atoms. The van der Waals surface area contributed by atoms with E-state index in [1.165, 1.54) is 5.01 Å². The van der Waals surface area contributed by atoms with Crippen molar-refractivity contribution >= 4 is 27.3 Å². The van der Waals surface area contributed by atoms with Gasteiger partial charge in [-0.25, -0.2) is 4.98 Å². The zero-order valence-corrected chi connectivity index (χ0v) is 9.60. The van der Waals surface area contributed by atoms with Gasteiger partial charge in [-0.3, -0.25) is 4.90 Å². The van der Waals surface area contributed by atoms with Crippen LogP contribution in [0.4, 0.5) is 0 Å². The van der Waals surface area contributed by atoms with Gasteiger partial charge in [-0.05, 0) is 15.9 Å². The molecule has 3 nitrogen and oxygen atoms in total. The Kier molecular flexibility index (Phi) is 3.32. The van der Waals surface area contributed by atoms with Gasteiger partial charge in [0.05, 0.1) is 29.7 Å². The molecular weight excluding hydrogens is 252 g/mol. The van der Waals surface area contributed by atoms with E-state index < -0.39 is 0 Å². The van der Waals surface area contributed by atoms with Crippen LogP contribution in [-0.4, -0.2) is 36.2 Å². The van der Waals surface area contributed by atoms with Gasteiger partial charge in [-0.1, -0.05) is 0 Å². The number of hydrogen-bond donors (Lipinski definition) is 0. The summed E-state index contributed by atoms with van der Waals surface area (Å²) in [5, 5.41) is 1.17. The highest BCUT2D eigenvalue weighted by Crippen LogP contribution is 2.20. The summed E-state index contributed by atoms with van der Waals surface area (Å²) in [4.78, 5) is 6.67. The molecule has 1 aliphatic rings. The van der Waals surface area contributed by atoms with Crippen LogP contribution in [0.3, 0.4) is 0 Å². The molecule has 0 aliphatic carbocycles. The van der Waals surface area contributed by atoms with E-state index in [4.69, 9.17) is 4.74 Å². The standard InChI is InChI=1S/C8H11BrN2OS/c9-7-5-10-8(13-7)6-11-1-3-12-4-2-11/h5H,1-4,6H2. The molecule has 5 heteroatoms. The van der Waals surface area contributed by atoms with Crippen molar-refractivity contribution in [2.45, 2.75) is 6.54 Å². The first-order chi connectivity index (χ1) is 6.34. The maximum absolute atomic E-state index is 5.27. The average Bonchev–Trinajstić information content (AvgIpc) is 2.53. The Bertz CT molecular complexity index is 273. The van der Waals surface area contributed by atoms with Gasteiger partial charge in [-0.2, -0.15) is 0 Å². The van der Waals surface area contributed by atoms with Gasteiger partial charge >= 0.3 is 0 Å². The third-order valence-electron chi connectivity index (χ3n) is 1.99. The number of nitrogens with zero attached hydrogens (tertiary/aromatic N) is 2. The topological polar surface area (TPSA) is 25.4 Å². The van der Waals surface area contributed by atoms with Crippen LogP contribution in [0.2, 0.25) is 0 Å². The van der Waals surface area contributed by atoms with Crippen molar-refractivity contribution in [3.63, 3.8) is 0 Å². The Morgan fingerprint density at radius 2 is 2.31 bits per heavy atom. The molecule has 1 aromatic rings. The second-order valence-electron chi connectivity index (χ2n) is 2.95. The molecule has 1 saturated heterocycles. The fourth-order valence-electron chi connectivity index (χ4n) is 1.31. The van der Waals surface area contributed by atoms with E-state index in [0.29, 0.717) is 0 Å².